The van der Waals surface area contributed by atoms with Crippen LogP contribution in [0.1, 0.15) is 29.0 Å². The Kier molecular flexibility index (Phi) is 6.55. The molecule has 3 aromatic rings. The molecule has 27 heavy (non-hydrogen) atoms. The normalized spacial score (nSPS) is 12.5. The molecule has 1 atom stereocenters. The molecule has 0 aromatic heterocycles. The molecular formula is C22H21IO3S. The van der Waals surface area contributed by atoms with Gasteiger partial charge in [-0.05, 0) is 37.1 Å². The SMILES string of the molecule is Cc1ccc(OS(=O)(=O)c2ccccc2)c(C(CCI)c2ccccc2)c1. The van der Waals surface area contributed by atoms with Gasteiger partial charge in [0.15, 0.2) is 0 Å². The summed E-state index contributed by atoms with van der Waals surface area (Å²) in [6.07, 6.45) is 0.899. The van der Waals surface area contributed by atoms with Crippen LogP contribution in [0.2, 0.25) is 0 Å². The van der Waals surface area contributed by atoms with Gasteiger partial charge in [-0.2, -0.15) is 8.42 Å². The number of benzene rings is 3. The highest BCUT2D eigenvalue weighted by Gasteiger charge is 2.23. The maximum absolute atomic E-state index is 12.7. The first-order valence-corrected chi connectivity index (χ1v) is 11.7. The van der Waals surface area contributed by atoms with Crippen LogP contribution >= 0.6 is 22.6 Å². The van der Waals surface area contributed by atoms with Crippen LogP contribution in [0.5, 0.6) is 5.75 Å². The van der Waals surface area contributed by atoms with Crippen LogP contribution in [0.3, 0.4) is 0 Å². The number of hydrogen-bond donors (Lipinski definition) is 0. The van der Waals surface area contributed by atoms with Crippen molar-refractivity contribution in [3.8, 4) is 5.75 Å². The topological polar surface area (TPSA) is 43.4 Å². The first kappa shape index (κ1) is 19.9. The molecule has 0 saturated carbocycles. The molecule has 3 nitrogen and oxygen atoms in total. The van der Waals surface area contributed by atoms with E-state index in [1.807, 2.05) is 37.3 Å². The van der Waals surface area contributed by atoms with E-state index in [0.29, 0.717) is 5.75 Å². The molecule has 140 valence electrons. The van der Waals surface area contributed by atoms with Gasteiger partial charge in [0.25, 0.3) is 0 Å². The summed E-state index contributed by atoms with van der Waals surface area (Å²) in [5.41, 5.74) is 3.13. The summed E-state index contributed by atoms with van der Waals surface area (Å²) in [6.45, 7) is 2.01. The average molecular weight is 492 g/mol. The second-order valence-electron chi connectivity index (χ2n) is 6.33. The molecule has 3 rings (SSSR count). The summed E-state index contributed by atoms with van der Waals surface area (Å²) in [7, 11) is -3.88. The fourth-order valence-electron chi connectivity index (χ4n) is 3.07. The van der Waals surface area contributed by atoms with E-state index < -0.39 is 10.1 Å². The zero-order valence-corrected chi connectivity index (χ0v) is 18.0. The second kappa shape index (κ2) is 8.89. The number of alkyl halides is 1. The van der Waals surface area contributed by atoms with Crippen LogP contribution in [-0.4, -0.2) is 12.8 Å². The zero-order chi connectivity index (χ0) is 19.3. The van der Waals surface area contributed by atoms with Gasteiger partial charge < -0.3 is 4.18 Å². The van der Waals surface area contributed by atoms with Crippen molar-refractivity contribution in [2.45, 2.75) is 24.2 Å². The van der Waals surface area contributed by atoms with Crippen LogP contribution < -0.4 is 4.18 Å². The van der Waals surface area contributed by atoms with Crippen LogP contribution in [0, 0.1) is 6.92 Å². The predicted octanol–water partition coefficient (Wildman–Crippen LogP) is 5.72. The number of aryl methyl sites for hydroxylation is 1. The summed E-state index contributed by atoms with van der Waals surface area (Å²) < 4.78 is 32.0. The van der Waals surface area contributed by atoms with Gasteiger partial charge in [-0.25, -0.2) is 0 Å². The quantitative estimate of drug-likeness (QED) is 0.241. The number of hydrogen-bond acceptors (Lipinski definition) is 3. The smallest absolute Gasteiger partial charge is 0.339 e. The highest BCUT2D eigenvalue weighted by atomic mass is 127. The van der Waals surface area contributed by atoms with Crippen molar-refractivity contribution in [2.24, 2.45) is 0 Å². The van der Waals surface area contributed by atoms with Crippen LogP contribution in [-0.2, 0) is 10.1 Å². The van der Waals surface area contributed by atoms with Crippen molar-refractivity contribution in [2.75, 3.05) is 4.43 Å². The molecule has 5 heteroatoms. The molecule has 0 spiro atoms. The Bertz CT molecular complexity index is 987. The van der Waals surface area contributed by atoms with Gasteiger partial charge in [0, 0.05) is 15.9 Å². The van der Waals surface area contributed by atoms with E-state index in [-0.39, 0.29) is 10.8 Å². The summed E-state index contributed by atoms with van der Waals surface area (Å²) in [5, 5.41) is 0. The van der Waals surface area contributed by atoms with Crippen molar-refractivity contribution in [1.82, 2.24) is 0 Å². The van der Waals surface area contributed by atoms with E-state index in [9.17, 15) is 8.42 Å². The van der Waals surface area contributed by atoms with E-state index in [0.717, 1.165) is 27.5 Å². The average Bonchev–Trinajstić information content (AvgIpc) is 2.69. The second-order valence-corrected chi connectivity index (χ2v) is 8.96. The minimum Gasteiger partial charge on any atom is -0.379 e. The maximum Gasteiger partial charge on any atom is 0.339 e. The first-order chi connectivity index (χ1) is 13.0. The van der Waals surface area contributed by atoms with E-state index >= 15 is 0 Å². The van der Waals surface area contributed by atoms with Crippen molar-refractivity contribution in [1.29, 1.82) is 0 Å². The van der Waals surface area contributed by atoms with E-state index in [1.165, 1.54) is 0 Å². The number of halogens is 1. The van der Waals surface area contributed by atoms with Gasteiger partial charge in [-0.1, -0.05) is 88.8 Å². The highest BCUT2D eigenvalue weighted by Crippen LogP contribution is 2.36. The lowest BCUT2D eigenvalue weighted by Crippen LogP contribution is -2.13. The van der Waals surface area contributed by atoms with Crippen molar-refractivity contribution in [3.05, 3.63) is 95.6 Å². The van der Waals surface area contributed by atoms with Crippen LogP contribution in [0.15, 0.2) is 83.8 Å². The monoisotopic (exact) mass is 492 g/mol. The van der Waals surface area contributed by atoms with Crippen LogP contribution in [0.4, 0.5) is 0 Å². The Hall–Kier alpha value is -1.86. The minimum atomic E-state index is -3.88. The summed E-state index contributed by atoms with van der Waals surface area (Å²) in [6, 6.07) is 24.1. The standard InChI is InChI=1S/C22H21IO3S/c1-17-12-13-22(26-27(24,25)19-10-6-3-7-11-19)21(16-17)20(14-15-23)18-8-4-2-5-9-18/h2-13,16,20H,14-15H2,1H3. The third kappa shape index (κ3) is 4.90. The Labute approximate surface area is 174 Å². The maximum atomic E-state index is 12.7. The van der Waals surface area contributed by atoms with Gasteiger partial charge in [0.05, 0.1) is 0 Å². The van der Waals surface area contributed by atoms with Crippen molar-refractivity contribution >= 4 is 32.7 Å². The Balaban J connectivity index is 2.05. The lowest BCUT2D eigenvalue weighted by molar-refractivity contribution is 0.480. The molecule has 0 fully saturated rings. The molecule has 0 N–H and O–H groups in total. The molecule has 0 aliphatic heterocycles. The molecule has 0 radical (unpaired) electrons. The summed E-state index contributed by atoms with van der Waals surface area (Å²) in [4.78, 5) is 0.154. The zero-order valence-electron chi connectivity index (χ0n) is 15.0. The van der Waals surface area contributed by atoms with Crippen LogP contribution in [0.25, 0.3) is 0 Å². The molecule has 0 aliphatic rings. The molecule has 0 bridgehead atoms. The van der Waals surface area contributed by atoms with Gasteiger partial charge in [0.1, 0.15) is 10.6 Å². The van der Waals surface area contributed by atoms with Gasteiger partial charge in [-0.3, -0.25) is 0 Å². The van der Waals surface area contributed by atoms with E-state index in [4.69, 9.17) is 4.18 Å². The first-order valence-electron chi connectivity index (χ1n) is 8.72. The lowest BCUT2D eigenvalue weighted by Gasteiger charge is -2.21. The molecule has 0 heterocycles. The molecule has 0 aliphatic carbocycles. The van der Waals surface area contributed by atoms with Crippen molar-refractivity contribution in [3.63, 3.8) is 0 Å². The predicted molar refractivity (Wildman–Crippen MR) is 117 cm³/mol. The molecule has 3 aromatic carbocycles. The highest BCUT2D eigenvalue weighted by molar-refractivity contribution is 14.1. The van der Waals surface area contributed by atoms with Gasteiger partial charge >= 0.3 is 10.1 Å². The Morgan fingerprint density at radius 2 is 1.56 bits per heavy atom. The largest absolute Gasteiger partial charge is 0.379 e. The summed E-state index contributed by atoms with van der Waals surface area (Å²) in [5.74, 6) is 0.465. The van der Waals surface area contributed by atoms with Crippen molar-refractivity contribution < 1.29 is 12.6 Å². The third-order valence-corrected chi connectivity index (χ3v) is 6.24. The Morgan fingerprint density at radius 1 is 0.926 bits per heavy atom. The van der Waals surface area contributed by atoms with Gasteiger partial charge in [0.2, 0.25) is 0 Å². The molecular weight excluding hydrogens is 471 g/mol. The fraction of sp³-hybridized carbons (Fsp3) is 0.182. The Morgan fingerprint density at radius 3 is 2.19 bits per heavy atom. The molecule has 0 saturated heterocycles. The minimum absolute atomic E-state index is 0.0731. The molecule has 0 amide bonds. The van der Waals surface area contributed by atoms with E-state index in [2.05, 4.69) is 34.7 Å². The summed E-state index contributed by atoms with van der Waals surface area (Å²) >= 11 is 2.36. The lowest BCUT2D eigenvalue weighted by atomic mass is 9.88. The fourth-order valence-corrected chi connectivity index (χ4v) is 4.66. The third-order valence-electron chi connectivity index (χ3n) is 4.37. The van der Waals surface area contributed by atoms with E-state index in [1.54, 1.807) is 36.4 Å². The van der Waals surface area contributed by atoms with Gasteiger partial charge in [-0.15, -0.1) is 0 Å². The molecule has 1 unspecified atom stereocenters. The number of rotatable bonds is 7.